The quantitative estimate of drug-likeness (QED) is 0.812. The predicted molar refractivity (Wildman–Crippen MR) is 79.1 cm³/mol. The third kappa shape index (κ3) is 2.84. The molecule has 1 saturated heterocycles. The molecule has 0 aromatic heterocycles. The summed E-state index contributed by atoms with van der Waals surface area (Å²) in [6.45, 7) is 8.88. The molecule has 2 aliphatic rings. The third-order valence-corrected chi connectivity index (χ3v) is 4.80. The Hall–Kier alpha value is -1.06. The van der Waals surface area contributed by atoms with Gasteiger partial charge in [0.2, 0.25) is 11.8 Å². The van der Waals surface area contributed by atoms with E-state index in [1.807, 2.05) is 18.7 Å². The van der Waals surface area contributed by atoms with E-state index in [2.05, 4.69) is 19.2 Å². The van der Waals surface area contributed by atoms with E-state index in [4.69, 9.17) is 0 Å². The second-order valence-corrected chi connectivity index (χ2v) is 6.81. The Kier molecular flexibility index (Phi) is 4.40. The van der Waals surface area contributed by atoms with Crippen molar-refractivity contribution < 1.29 is 9.59 Å². The molecule has 1 heterocycles. The molecule has 0 radical (unpaired) electrons. The van der Waals surface area contributed by atoms with Crippen LogP contribution in [-0.2, 0) is 9.59 Å². The maximum Gasteiger partial charge on any atom is 0.248 e. The van der Waals surface area contributed by atoms with Crippen molar-refractivity contribution in [3.63, 3.8) is 0 Å². The molecule has 1 aliphatic carbocycles. The molecule has 4 nitrogen and oxygen atoms in total. The largest absolute Gasteiger partial charge is 0.340 e. The minimum atomic E-state index is -0.714. The number of hydrogen-bond acceptors (Lipinski definition) is 2. The zero-order chi connectivity index (χ0) is 14.9. The number of hydrogen-bond donors (Lipinski definition) is 1. The van der Waals surface area contributed by atoms with Crippen molar-refractivity contribution >= 4 is 11.8 Å². The fourth-order valence-corrected chi connectivity index (χ4v) is 3.22. The van der Waals surface area contributed by atoms with Crippen molar-refractivity contribution in [2.45, 2.75) is 71.4 Å². The third-order valence-electron chi connectivity index (χ3n) is 4.80. The van der Waals surface area contributed by atoms with Gasteiger partial charge in [-0.05, 0) is 44.4 Å². The molecule has 2 rings (SSSR count). The van der Waals surface area contributed by atoms with Gasteiger partial charge >= 0.3 is 0 Å². The minimum Gasteiger partial charge on any atom is -0.340 e. The predicted octanol–water partition coefficient (Wildman–Crippen LogP) is 2.33. The fourth-order valence-electron chi connectivity index (χ4n) is 3.22. The monoisotopic (exact) mass is 280 g/mol. The lowest BCUT2D eigenvalue weighted by Crippen LogP contribution is -2.70. The first-order valence-corrected chi connectivity index (χ1v) is 8.06. The summed E-state index contributed by atoms with van der Waals surface area (Å²) in [5, 5.41) is 2.97. The van der Waals surface area contributed by atoms with Gasteiger partial charge in [-0.15, -0.1) is 0 Å². The molecule has 2 fully saturated rings. The Labute approximate surface area is 122 Å². The summed E-state index contributed by atoms with van der Waals surface area (Å²) in [5.41, 5.74) is -0.714. The summed E-state index contributed by atoms with van der Waals surface area (Å²) in [4.78, 5) is 27.1. The van der Waals surface area contributed by atoms with Gasteiger partial charge in [0, 0.05) is 6.54 Å². The van der Waals surface area contributed by atoms with Crippen LogP contribution in [0.25, 0.3) is 0 Å². The molecule has 3 unspecified atom stereocenters. The Morgan fingerprint density at radius 3 is 2.50 bits per heavy atom. The van der Waals surface area contributed by atoms with Crippen LogP contribution in [0.5, 0.6) is 0 Å². The SMILES string of the molecule is CCCC(C)CN1C(=O)C(C)(CC)NC(=O)C1C1CC1. The van der Waals surface area contributed by atoms with E-state index in [0.717, 1.165) is 32.2 Å². The number of carbonyl (C=O) groups is 2. The Balaban J connectivity index is 2.20. The van der Waals surface area contributed by atoms with Crippen LogP contribution in [0.15, 0.2) is 0 Å². The van der Waals surface area contributed by atoms with Gasteiger partial charge in [-0.2, -0.15) is 0 Å². The normalized spacial score (nSPS) is 32.2. The topological polar surface area (TPSA) is 49.4 Å². The van der Waals surface area contributed by atoms with Crippen LogP contribution in [0.4, 0.5) is 0 Å². The summed E-state index contributed by atoms with van der Waals surface area (Å²) in [6.07, 6.45) is 5.02. The van der Waals surface area contributed by atoms with E-state index >= 15 is 0 Å². The molecule has 2 amide bonds. The Morgan fingerprint density at radius 2 is 2.00 bits per heavy atom. The highest BCUT2D eigenvalue weighted by atomic mass is 16.2. The van der Waals surface area contributed by atoms with Crippen molar-refractivity contribution in [3.05, 3.63) is 0 Å². The summed E-state index contributed by atoms with van der Waals surface area (Å²) in [7, 11) is 0. The van der Waals surface area contributed by atoms with Gasteiger partial charge in [0.15, 0.2) is 0 Å². The second-order valence-electron chi connectivity index (χ2n) is 6.81. The molecule has 3 atom stereocenters. The number of nitrogens with zero attached hydrogens (tertiary/aromatic N) is 1. The fraction of sp³-hybridized carbons (Fsp3) is 0.875. The van der Waals surface area contributed by atoms with Gasteiger partial charge in [-0.3, -0.25) is 9.59 Å². The Bertz CT molecular complexity index is 392. The van der Waals surface area contributed by atoms with Gasteiger partial charge < -0.3 is 10.2 Å². The first-order valence-electron chi connectivity index (χ1n) is 8.06. The van der Waals surface area contributed by atoms with Crippen LogP contribution >= 0.6 is 0 Å². The van der Waals surface area contributed by atoms with E-state index in [0.29, 0.717) is 18.3 Å². The molecule has 1 aliphatic heterocycles. The summed E-state index contributed by atoms with van der Waals surface area (Å²) in [6, 6.07) is -0.221. The molecule has 0 spiro atoms. The average molecular weight is 280 g/mol. The van der Waals surface area contributed by atoms with Crippen molar-refractivity contribution in [1.82, 2.24) is 10.2 Å². The molecule has 114 valence electrons. The van der Waals surface area contributed by atoms with Crippen molar-refractivity contribution in [1.29, 1.82) is 0 Å². The molecular weight excluding hydrogens is 252 g/mol. The van der Waals surface area contributed by atoms with Crippen LogP contribution in [0, 0.1) is 11.8 Å². The van der Waals surface area contributed by atoms with Crippen LogP contribution in [0.2, 0.25) is 0 Å². The molecule has 4 heteroatoms. The smallest absolute Gasteiger partial charge is 0.248 e. The highest BCUT2D eigenvalue weighted by Crippen LogP contribution is 2.39. The lowest BCUT2D eigenvalue weighted by Gasteiger charge is -2.45. The van der Waals surface area contributed by atoms with Crippen molar-refractivity contribution in [2.24, 2.45) is 11.8 Å². The lowest BCUT2D eigenvalue weighted by molar-refractivity contribution is -0.156. The molecule has 0 aromatic rings. The first-order chi connectivity index (χ1) is 9.42. The average Bonchev–Trinajstić information content (AvgIpc) is 3.20. The van der Waals surface area contributed by atoms with Crippen LogP contribution < -0.4 is 5.32 Å². The molecular formula is C16H28N2O2. The number of piperazine rings is 1. The van der Waals surface area contributed by atoms with E-state index in [9.17, 15) is 9.59 Å². The summed E-state index contributed by atoms with van der Waals surface area (Å²) < 4.78 is 0. The van der Waals surface area contributed by atoms with Gasteiger partial charge in [-0.1, -0.05) is 27.2 Å². The first kappa shape index (κ1) is 15.3. The number of carbonyl (C=O) groups excluding carboxylic acids is 2. The molecule has 0 aromatic carbocycles. The molecule has 1 saturated carbocycles. The second kappa shape index (κ2) is 5.74. The highest BCUT2D eigenvalue weighted by Gasteiger charge is 2.51. The van der Waals surface area contributed by atoms with E-state index < -0.39 is 5.54 Å². The van der Waals surface area contributed by atoms with Gasteiger partial charge in [0.25, 0.3) is 0 Å². The lowest BCUT2D eigenvalue weighted by atomic mass is 9.89. The number of nitrogens with one attached hydrogen (secondary N) is 1. The van der Waals surface area contributed by atoms with Crippen molar-refractivity contribution in [3.8, 4) is 0 Å². The maximum atomic E-state index is 12.8. The standard InChI is InChI=1S/C16H28N2O2/c1-5-7-11(3)10-18-13(12-8-9-12)14(19)17-16(4,6-2)15(18)20/h11-13H,5-10H2,1-4H3,(H,17,19). The van der Waals surface area contributed by atoms with Crippen LogP contribution in [0.3, 0.4) is 0 Å². The summed E-state index contributed by atoms with van der Waals surface area (Å²) >= 11 is 0. The van der Waals surface area contributed by atoms with Crippen molar-refractivity contribution in [2.75, 3.05) is 6.54 Å². The van der Waals surface area contributed by atoms with Gasteiger partial charge in [0.1, 0.15) is 11.6 Å². The van der Waals surface area contributed by atoms with E-state index in [-0.39, 0.29) is 17.9 Å². The minimum absolute atomic E-state index is 0.0557. The maximum absolute atomic E-state index is 12.8. The highest BCUT2D eigenvalue weighted by molar-refractivity contribution is 5.99. The zero-order valence-electron chi connectivity index (χ0n) is 13.2. The van der Waals surface area contributed by atoms with E-state index in [1.165, 1.54) is 0 Å². The molecule has 20 heavy (non-hydrogen) atoms. The Morgan fingerprint density at radius 1 is 1.35 bits per heavy atom. The van der Waals surface area contributed by atoms with Gasteiger partial charge in [0.05, 0.1) is 0 Å². The molecule has 0 bridgehead atoms. The van der Waals surface area contributed by atoms with Crippen LogP contribution in [0.1, 0.15) is 59.8 Å². The summed E-state index contributed by atoms with van der Waals surface area (Å²) in [5.74, 6) is 1.01. The zero-order valence-corrected chi connectivity index (χ0v) is 13.2. The van der Waals surface area contributed by atoms with E-state index in [1.54, 1.807) is 0 Å². The molecule has 1 N–H and O–H groups in total. The number of rotatable bonds is 6. The van der Waals surface area contributed by atoms with Gasteiger partial charge in [-0.25, -0.2) is 0 Å². The number of amides is 2. The van der Waals surface area contributed by atoms with Crippen LogP contribution in [-0.4, -0.2) is 34.8 Å².